The molecule has 8 nitrogen and oxygen atoms in total. The molecule has 0 unspecified atom stereocenters. The van der Waals surface area contributed by atoms with Gasteiger partial charge in [0, 0.05) is 32.6 Å². The number of carbonyl (C=O) groups excluding carboxylic acids is 1. The van der Waals surface area contributed by atoms with Gasteiger partial charge in [-0.05, 0) is 61.4 Å². The number of hydrogen-bond acceptors (Lipinski definition) is 6. The number of anilines is 1. The fraction of sp³-hybridized carbons (Fsp3) is 0.273. The minimum Gasteiger partial charge on any atom is -0.497 e. The second kappa shape index (κ2) is 11.6. The Morgan fingerprint density at radius 1 is 0.857 bits per heavy atom. The third-order valence-corrected chi connectivity index (χ3v) is 7.73. The third kappa shape index (κ3) is 5.68. The number of fused-ring (bicyclic) bond motifs is 1. The van der Waals surface area contributed by atoms with Crippen LogP contribution in [0.1, 0.15) is 28.2 Å². The molecule has 0 saturated carbocycles. The second-order valence-electron chi connectivity index (χ2n) is 10.7. The highest BCUT2D eigenvalue weighted by Crippen LogP contribution is 2.30. The number of rotatable bonds is 7. The number of carbonyl (C=O) groups is 1. The average molecular weight is 565 g/mol. The zero-order valence-corrected chi connectivity index (χ0v) is 24.0. The smallest absolute Gasteiger partial charge is 0.227 e. The Balaban J connectivity index is 1.29. The Morgan fingerprint density at radius 3 is 2.19 bits per heavy atom. The fourth-order valence-corrected chi connectivity index (χ4v) is 5.36. The van der Waals surface area contributed by atoms with Gasteiger partial charge in [-0.25, -0.2) is 19.0 Å². The largest absolute Gasteiger partial charge is 0.497 e. The third-order valence-electron chi connectivity index (χ3n) is 7.73. The van der Waals surface area contributed by atoms with Crippen molar-refractivity contribution in [1.29, 1.82) is 0 Å². The van der Waals surface area contributed by atoms with E-state index in [4.69, 9.17) is 19.8 Å². The monoisotopic (exact) mass is 564 g/mol. The molecule has 1 fully saturated rings. The highest BCUT2D eigenvalue weighted by molar-refractivity contribution is 5.91. The van der Waals surface area contributed by atoms with E-state index in [1.807, 2.05) is 36.1 Å². The fourth-order valence-electron chi connectivity index (χ4n) is 5.36. The van der Waals surface area contributed by atoms with Gasteiger partial charge in [-0.2, -0.15) is 5.10 Å². The number of aryl methyl sites for hydroxylation is 2. The SMILES string of the molecule is COc1ccc(CC(=O)N2CCN(c3nc(Cc4ccc(C)cc4)nc4c3c(C)nn4-c3ccc(F)cc3)CC2)cc1. The lowest BCUT2D eigenvalue weighted by Crippen LogP contribution is -2.49. The summed E-state index contributed by atoms with van der Waals surface area (Å²) in [5.41, 5.74) is 5.48. The van der Waals surface area contributed by atoms with Crippen LogP contribution in [-0.4, -0.2) is 63.8 Å². The maximum absolute atomic E-state index is 13.7. The molecule has 0 spiro atoms. The van der Waals surface area contributed by atoms with Gasteiger partial charge in [0.05, 0.1) is 30.3 Å². The molecule has 0 radical (unpaired) electrons. The Bertz CT molecular complexity index is 1710. The van der Waals surface area contributed by atoms with Crippen molar-refractivity contribution in [3.63, 3.8) is 0 Å². The van der Waals surface area contributed by atoms with Gasteiger partial charge in [-0.1, -0.05) is 42.0 Å². The summed E-state index contributed by atoms with van der Waals surface area (Å²) in [5, 5.41) is 5.66. The highest BCUT2D eigenvalue weighted by Gasteiger charge is 2.26. The second-order valence-corrected chi connectivity index (χ2v) is 10.7. The van der Waals surface area contributed by atoms with Crippen molar-refractivity contribution in [2.24, 2.45) is 0 Å². The van der Waals surface area contributed by atoms with Gasteiger partial charge < -0.3 is 14.5 Å². The van der Waals surface area contributed by atoms with Crippen LogP contribution in [0.5, 0.6) is 5.75 Å². The van der Waals surface area contributed by atoms with Crippen LogP contribution in [0.2, 0.25) is 0 Å². The summed E-state index contributed by atoms with van der Waals surface area (Å²) in [6.07, 6.45) is 0.920. The number of piperazine rings is 1. The summed E-state index contributed by atoms with van der Waals surface area (Å²) in [5.74, 6) is 2.07. The molecule has 214 valence electrons. The highest BCUT2D eigenvalue weighted by atomic mass is 19.1. The van der Waals surface area contributed by atoms with E-state index in [1.165, 1.54) is 17.7 Å². The van der Waals surface area contributed by atoms with E-state index in [1.54, 1.807) is 23.9 Å². The minimum absolute atomic E-state index is 0.105. The first-order chi connectivity index (χ1) is 20.4. The van der Waals surface area contributed by atoms with E-state index in [2.05, 4.69) is 36.1 Å². The first-order valence-corrected chi connectivity index (χ1v) is 14.1. The van der Waals surface area contributed by atoms with E-state index in [9.17, 15) is 9.18 Å². The molecule has 1 aliphatic rings. The van der Waals surface area contributed by atoms with Crippen LogP contribution in [0.15, 0.2) is 72.8 Å². The Kier molecular flexibility index (Phi) is 7.56. The molecule has 0 N–H and O–H groups in total. The van der Waals surface area contributed by atoms with Gasteiger partial charge in [0.25, 0.3) is 0 Å². The van der Waals surface area contributed by atoms with Crippen molar-refractivity contribution in [3.8, 4) is 11.4 Å². The standard InChI is InChI=1S/C33H33FN6O2/c1-22-4-6-24(7-5-22)20-29-35-32(31-23(2)37-40(33(31)36-29)27-12-10-26(34)11-13-27)39-18-16-38(17-19-39)30(41)21-25-8-14-28(42-3)15-9-25/h4-15H,16-21H2,1-3H3. The summed E-state index contributed by atoms with van der Waals surface area (Å²) in [7, 11) is 1.63. The molecule has 0 bridgehead atoms. The van der Waals surface area contributed by atoms with Crippen LogP contribution in [0, 0.1) is 19.7 Å². The topological polar surface area (TPSA) is 76.4 Å². The molecule has 6 rings (SSSR count). The summed E-state index contributed by atoms with van der Waals surface area (Å²) in [4.78, 5) is 27.3. The van der Waals surface area contributed by atoms with E-state index < -0.39 is 0 Å². The van der Waals surface area contributed by atoms with Crippen LogP contribution in [0.4, 0.5) is 10.2 Å². The normalized spacial score (nSPS) is 13.5. The average Bonchev–Trinajstić information content (AvgIpc) is 3.34. The summed E-state index contributed by atoms with van der Waals surface area (Å²) in [6.45, 7) is 6.49. The first kappa shape index (κ1) is 27.4. The molecule has 9 heteroatoms. The van der Waals surface area contributed by atoms with Crippen molar-refractivity contribution in [2.45, 2.75) is 26.7 Å². The number of halogens is 1. The molecule has 0 atom stereocenters. The van der Waals surface area contributed by atoms with E-state index in [0.717, 1.165) is 39.5 Å². The molecular formula is C33H33FN6O2. The molecule has 5 aromatic rings. The first-order valence-electron chi connectivity index (χ1n) is 14.1. The lowest BCUT2D eigenvalue weighted by Gasteiger charge is -2.36. The summed E-state index contributed by atoms with van der Waals surface area (Å²) in [6, 6.07) is 22.2. The predicted octanol–water partition coefficient (Wildman–Crippen LogP) is 5.06. The molecule has 0 aliphatic carbocycles. The maximum atomic E-state index is 13.7. The molecule has 3 heterocycles. The van der Waals surface area contributed by atoms with Crippen LogP contribution >= 0.6 is 0 Å². The van der Waals surface area contributed by atoms with Crippen molar-refractivity contribution in [3.05, 3.63) is 107 Å². The van der Waals surface area contributed by atoms with Gasteiger partial charge in [0.1, 0.15) is 23.2 Å². The number of aromatic nitrogens is 4. The van der Waals surface area contributed by atoms with Gasteiger partial charge >= 0.3 is 0 Å². The zero-order chi connectivity index (χ0) is 29.2. The summed E-state index contributed by atoms with van der Waals surface area (Å²) < 4.78 is 20.7. The van der Waals surface area contributed by atoms with Crippen molar-refractivity contribution in [2.75, 3.05) is 38.2 Å². The van der Waals surface area contributed by atoms with E-state index >= 15 is 0 Å². The van der Waals surface area contributed by atoms with Crippen LogP contribution in [-0.2, 0) is 17.6 Å². The Hall–Kier alpha value is -4.79. The van der Waals surface area contributed by atoms with E-state index in [-0.39, 0.29) is 11.7 Å². The number of nitrogens with zero attached hydrogens (tertiary/aromatic N) is 6. The zero-order valence-electron chi connectivity index (χ0n) is 24.0. The number of amides is 1. The van der Waals surface area contributed by atoms with Gasteiger partial charge in [0.15, 0.2) is 5.65 Å². The molecule has 42 heavy (non-hydrogen) atoms. The lowest BCUT2D eigenvalue weighted by atomic mass is 10.1. The molecule has 1 aliphatic heterocycles. The molecule has 2 aromatic heterocycles. The number of hydrogen-bond donors (Lipinski definition) is 0. The molecular weight excluding hydrogens is 531 g/mol. The predicted molar refractivity (Wildman–Crippen MR) is 161 cm³/mol. The Morgan fingerprint density at radius 2 is 1.52 bits per heavy atom. The van der Waals surface area contributed by atoms with Crippen molar-refractivity contribution < 1.29 is 13.9 Å². The molecule has 3 aromatic carbocycles. The minimum atomic E-state index is -0.304. The lowest BCUT2D eigenvalue weighted by molar-refractivity contribution is -0.130. The van der Waals surface area contributed by atoms with Crippen molar-refractivity contribution in [1.82, 2.24) is 24.6 Å². The van der Waals surface area contributed by atoms with Crippen molar-refractivity contribution >= 4 is 22.8 Å². The number of methoxy groups -OCH3 is 1. The Labute approximate surface area is 244 Å². The van der Waals surface area contributed by atoms with Crippen LogP contribution < -0.4 is 9.64 Å². The molecule has 1 saturated heterocycles. The molecule has 1 amide bonds. The quantitative estimate of drug-likeness (QED) is 0.275. The van der Waals surface area contributed by atoms with Gasteiger partial charge in [0.2, 0.25) is 5.91 Å². The van der Waals surface area contributed by atoms with E-state index in [0.29, 0.717) is 50.5 Å². The van der Waals surface area contributed by atoms with Gasteiger partial charge in [-0.3, -0.25) is 4.79 Å². The maximum Gasteiger partial charge on any atom is 0.227 e. The van der Waals surface area contributed by atoms with Gasteiger partial charge in [-0.15, -0.1) is 0 Å². The number of benzene rings is 3. The van der Waals surface area contributed by atoms with Crippen LogP contribution in [0.25, 0.3) is 16.7 Å². The van der Waals surface area contributed by atoms with Crippen LogP contribution in [0.3, 0.4) is 0 Å². The number of ether oxygens (including phenoxy) is 1. The summed E-state index contributed by atoms with van der Waals surface area (Å²) >= 11 is 0.